The number of aromatic nitrogens is 5. The van der Waals surface area contributed by atoms with Crippen molar-refractivity contribution in [1.29, 1.82) is 0 Å². The highest BCUT2D eigenvalue weighted by Crippen LogP contribution is 2.28. The third-order valence-electron chi connectivity index (χ3n) is 4.03. The van der Waals surface area contributed by atoms with Gasteiger partial charge in [0.15, 0.2) is 17.0 Å². The van der Waals surface area contributed by atoms with E-state index in [4.69, 9.17) is 0 Å². The van der Waals surface area contributed by atoms with Gasteiger partial charge in [0.1, 0.15) is 12.1 Å². The normalized spacial score (nSPS) is 14.7. The molecule has 9 heteroatoms. The molecule has 0 unspecified atom stereocenters. The topological polar surface area (TPSA) is 88.8 Å². The number of amides is 1. The van der Waals surface area contributed by atoms with E-state index in [0.717, 1.165) is 0 Å². The highest BCUT2D eigenvalue weighted by atomic mass is 19.1. The van der Waals surface area contributed by atoms with E-state index in [1.807, 2.05) is 4.90 Å². The van der Waals surface area contributed by atoms with Crippen LogP contribution in [0.2, 0.25) is 0 Å². The van der Waals surface area contributed by atoms with Crippen LogP contribution in [-0.2, 0) is 11.8 Å². The predicted molar refractivity (Wildman–Crippen MR) is 84.8 cm³/mol. The van der Waals surface area contributed by atoms with Crippen molar-refractivity contribution < 1.29 is 9.18 Å². The van der Waals surface area contributed by atoms with E-state index in [2.05, 4.69) is 25.6 Å². The van der Waals surface area contributed by atoms with Gasteiger partial charge >= 0.3 is 0 Å². The minimum absolute atomic E-state index is 0.0951. The first-order chi connectivity index (χ1) is 11.6. The lowest BCUT2D eigenvalue weighted by Crippen LogP contribution is -2.52. The molecule has 1 N–H and O–H groups in total. The van der Waals surface area contributed by atoms with Crippen molar-refractivity contribution in [3.8, 4) is 0 Å². The number of fused-ring (bicyclic) bond motifs is 1. The summed E-state index contributed by atoms with van der Waals surface area (Å²) in [5.74, 6) is 0.0949. The van der Waals surface area contributed by atoms with Crippen LogP contribution in [0.3, 0.4) is 0 Å². The fraction of sp³-hybridized carbons (Fsp3) is 0.267. The number of aryl methyl sites for hydroxylation is 1. The monoisotopic (exact) mass is 327 g/mol. The smallest absolute Gasteiger partial charge is 0.231 e. The zero-order valence-electron chi connectivity index (χ0n) is 12.8. The summed E-state index contributed by atoms with van der Waals surface area (Å²) in [6.45, 7) is 1.07. The molecule has 1 amide bonds. The predicted octanol–water partition coefficient (Wildman–Crippen LogP) is 0.972. The number of carbonyl (C=O) groups excluding carboxylic acids is 1. The van der Waals surface area contributed by atoms with Gasteiger partial charge in [-0.2, -0.15) is 0 Å². The molecule has 122 valence electrons. The van der Waals surface area contributed by atoms with Crippen molar-refractivity contribution in [2.75, 3.05) is 23.3 Å². The average Bonchev–Trinajstić information content (AvgIpc) is 2.91. The standard InChI is InChI=1S/C15H14FN7O/c1-22-13-12(20-21-22)14(18-8-17-13)23-6-9(7-23)15(24)19-11-4-2-10(16)3-5-11/h2-5,8-9H,6-7H2,1H3,(H,19,24). The molecule has 1 fully saturated rings. The van der Waals surface area contributed by atoms with Crippen molar-refractivity contribution in [3.63, 3.8) is 0 Å². The van der Waals surface area contributed by atoms with Crippen molar-refractivity contribution in [2.24, 2.45) is 13.0 Å². The van der Waals surface area contributed by atoms with Gasteiger partial charge < -0.3 is 10.2 Å². The Morgan fingerprint density at radius 3 is 2.75 bits per heavy atom. The van der Waals surface area contributed by atoms with Crippen LogP contribution in [0.25, 0.3) is 11.2 Å². The van der Waals surface area contributed by atoms with E-state index in [0.29, 0.717) is 35.8 Å². The largest absolute Gasteiger partial charge is 0.353 e. The number of halogens is 1. The molecule has 0 spiro atoms. The van der Waals surface area contributed by atoms with E-state index in [1.54, 1.807) is 11.7 Å². The van der Waals surface area contributed by atoms with Crippen LogP contribution in [0.4, 0.5) is 15.9 Å². The van der Waals surface area contributed by atoms with Gasteiger partial charge in [0.2, 0.25) is 5.91 Å². The summed E-state index contributed by atoms with van der Waals surface area (Å²) in [5.41, 5.74) is 1.86. The lowest BCUT2D eigenvalue weighted by Gasteiger charge is -2.38. The molecule has 4 rings (SSSR count). The van der Waals surface area contributed by atoms with Gasteiger partial charge in [-0.25, -0.2) is 19.0 Å². The molecule has 1 saturated heterocycles. The molecule has 0 atom stereocenters. The maximum absolute atomic E-state index is 12.9. The lowest BCUT2D eigenvalue weighted by atomic mass is 9.99. The van der Waals surface area contributed by atoms with Gasteiger partial charge in [0, 0.05) is 25.8 Å². The molecular formula is C15H14FN7O. The Morgan fingerprint density at radius 1 is 1.25 bits per heavy atom. The Kier molecular flexibility index (Phi) is 3.33. The van der Waals surface area contributed by atoms with Crippen LogP contribution >= 0.6 is 0 Å². The number of rotatable bonds is 3. The van der Waals surface area contributed by atoms with Crippen LogP contribution < -0.4 is 10.2 Å². The third kappa shape index (κ3) is 2.43. The van der Waals surface area contributed by atoms with Crippen LogP contribution in [0.1, 0.15) is 0 Å². The quantitative estimate of drug-likeness (QED) is 0.771. The SMILES string of the molecule is Cn1nnc2c(N3CC(C(=O)Nc4ccc(F)cc4)C3)ncnc21. The van der Waals surface area contributed by atoms with Crippen LogP contribution in [0.5, 0.6) is 0 Å². The number of benzene rings is 1. The summed E-state index contributed by atoms with van der Waals surface area (Å²) < 4.78 is 14.5. The highest BCUT2D eigenvalue weighted by molar-refractivity contribution is 5.95. The fourth-order valence-corrected chi connectivity index (χ4v) is 2.67. The van der Waals surface area contributed by atoms with Gasteiger partial charge in [0.25, 0.3) is 0 Å². The Hall–Kier alpha value is -3.10. The average molecular weight is 327 g/mol. The second-order valence-electron chi connectivity index (χ2n) is 5.68. The van der Waals surface area contributed by atoms with Crippen LogP contribution in [0, 0.1) is 11.7 Å². The number of nitrogens with zero attached hydrogens (tertiary/aromatic N) is 6. The molecule has 0 aliphatic carbocycles. The highest BCUT2D eigenvalue weighted by Gasteiger charge is 2.35. The molecule has 8 nitrogen and oxygen atoms in total. The van der Waals surface area contributed by atoms with E-state index in [9.17, 15) is 9.18 Å². The first-order valence-corrected chi connectivity index (χ1v) is 7.43. The summed E-state index contributed by atoms with van der Waals surface area (Å²) in [4.78, 5) is 22.6. The number of hydrogen-bond acceptors (Lipinski definition) is 6. The van der Waals surface area contributed by atoms with Gasteiger partial charge in [-0.3, -0.25) is 4.79 Å². The molecule has 3 aromatic rings. The third-order valence-corrected chi connectivity index (χ3v) is 4.03. The van der Waals surface area contributed by atoms with E-state index >= 15 is 0 Å². The maximum Gasteiger partial charge on any atom is 0.231 e. The first-order valence-electron chi connectivity index (χ1n) is 7.43. The summed E-state index contributed by atoms with van der Waals surface area (Å²) in [7, 11) is 1.77. The summed E-state index contributed by atoms with van der Waals surface area (Å²) in [6.07, 6.45) is 1.47. The molecule has 2 aromatic heterocycles. The molecule has 1 aliphatic heterocycles. The molecule has 1 aromatic carbocycles. The van der Waals surface area contributed by atoms with Gasteiger partial charge in [-0.1, -0.05) is 5.21 Å². The van der Waals surface area contributed by atoms with Crippen LogP contribution in [-0.4, -0.2) is 44.0 Å². The number of nitrogens with one attached hydrogen (secondary N) is 1. The lowest BCUT2D eigenvalue weighted by molar-refractivity contribution is -0.120. The number of carbonyl (C=O) groups is 1. The minimum atomic E-state index is -0.334. The van der Waals surface area contributed by atoms with E-state index in [1.165, 1.54) is 30.6 Å². The molecule has 1 aliphatic rings. The summed E-state index contributed by atoms with van der Waals surface area (Å²) >= 11 is 0. The number of hydrogen-bond donors (Lipinski definition) is 1. The second kappa shape index (κ2) is 5.52. The van der Waals surface area contributed by atoms with Gasteiger partial charge in [-0.15, -0.1) is 5.10 Å². The first kappa shape index (κ1) is 14.5. The zero-order valence-corrected chi connectivity index (χ0v) is 12.8. The van der Waals surface area contributed by atoms with Crippen molar-refractivity contribution in [1.82, 2.24) is 25.0 Å². The zero-order chi connectivity index (χ0) is 16.7. The molecule has 0 saturated carbocycles. The minimum Gasteiger partial charge on any atom is -0.353 e. The van der Waals surface area contributed by atoms with Crippen molar-refractivity contribution in [2.45, 2.75) is 0 Å². The van der Waals surface area contributed by atoms with Crippen LogP contribution in [0.15, 0.2) is 30.6 Å². The molecule has 0 radical (unpaired) electrons. The van der Waals surface area contributed by atoms with Crippen molar-refractivity contribution in [3.05, 3.63) is 36.4 Å². The maximum atomic E-state index is 12.9. The Balaban J connectivity index is 1.44. The summed E-state index contributed by atoms with van der Waals surface area (Å²) in [6, 6.07) is 5.71. The second-order valence-corrected chi connectivity index (χ2v) is 5.68. The fourth-order valence-electron chi connectivity index (χ4n) is 2.67. The Labute approximate surface area is 136 Å². The van der Waals surface area contributed by atoms with Gasteiger partial charge in [0.05, 0.1) is 5.92 Å². The molecule has 3 heterocycles. The Morgan fingerprint density at radius 2 is 2.00 bits per heavy atom. The molecule has 24 heavy (non-hydrogen) atoms. The van der Waals surface area contributed by atoms with Crippen molar-refractivity contribution >= 4 is 28.6 Å². The summed E-state index contributed by atoms with van der Waals surface area (Å²) in [5, 5.41) is 10.8. The number of anilines is 2. The molecule has 0 bridgehead atoms. The van der Waals surface area contributed by atoms with E-state index < -0.39 is 0 Å². The van der Waals surface area contributed by atoms with Gasteiger partial charge in [-0.05, 0) is 24.3 Å². The Bertz CT molecular complexity index is 902. The molecular weight excluding hydrogens is 313 g/mol. The van der Waals surface area contributed by atoms with E-state index in [-0.39, 0.29) is 17.6 Å².